The van der Waals surface area contributed by atoms with Crippen molar-refractivity contribution in [2.45, 2.75) is 32.9 Å². The average Bonchev–Trinajstić information content (AvgIpc) is 3.20. The molecular weight excluding hydrogens is 368 g/mol. The Hall–Kier alpha value is -3.35. The molecule has 7 nitrogen and oxygen atoms in total. The van der Waals surface area contributed by atoms with Gasteiger partial charge >= 0.3 is 6.09 Å². The molecule has 1 aromatic carbocycles. The van der Waals surface area contributed by atoms with Gasteiger partial charge in [-0.05, 0) is 44.5 Å². The monoisotopic (exact) mass is 392 g/mol. The highest BCUT2D eigenvalue weighted by atomic mass is 16.6. The molecule has 29 heavy (non-hydrogen) atoms. The molecule has 1 aliphatic heterocycles. The first-order valence-corrected chi connectivity index (χ1v) is 9.47. The van der Waals surface area contributed by atoms with Gasteiger partial charge in [-0.15, -0.1) is 0 Å². The molecule has 2 aromatic heterocycles. The number of fused-ring (bicyclic) bond motifs is 2. The van der Waals surface area contributed by atoms with E-state index < -0.39 is 11.7 Å². The van der Waals surface area contributed by atoms with Crippen molar-refractivity contribution < 1.29 is 14.3 Å². The summed E-state index contributed by atoms with van der Waals surface area (Å²) in [5.41, 5.74) is 4.43. The van der Waals surface area contributed by atoms with E-state index in [1.807, 2.05) is 61.7 Å². The second kappa shape index (κ2) is 6.62. The fraction of sp³-hybridized carbons (Fsp3) is 0.318. The third-order valence-corrected chi connectivity index (χ3v) is 4.97. The van der Waals surface area contributed by atoms with Gasteiger partial charge in [0.1, 0.15) is 11.2 Å². The van der Waals surface area contributed by atoms with Crippen molar-refractivity contribution in [3.05, 3.63) is 53.9 Å². The van der Waals surface area contributed by atoms with Crippen molar-refractivity contribution in [3.8, 4) is 11.3 Å². The lowest BCUT2D eigenvalue weighted by molar-refractivity contribution is 0.0589. The molecule has 0 saturated carbocycles. The summed E-state index contributed by atoms with van der Waals surface area (Å²) in [6.07, 6.45) is 3.23. The zero-order chi connectivity index (χ0) is 20.9. The lowest BCUT2D eigenvalue weighted by Crippen LogP contribution is -2.34. The molecule has 0 unspecified atom stereocenters. The SMILES string of the molecule is CN1Cc2c(cccc2-c2cnc3ccc(N(C)C(=O)OC(C)(C)C)cn23)C1=O. The number of hydrogen-bond donors (Lipinski definition) is 0. The fourth-order valence-corrected chi connectivity index (χ4v) is 3.51. The Bertz CT molecular complexity index is 1130. The van der Waals surface area contributed by atoms with Crippen LogP contribution in [-0.2, 0) is 11.3 Å². The first-order chi connectivity index (χ1) is 13.7. The summed E-state index contributed by atoms with van der Waals surface area (Å²) in [6, 6.07) is 9.44. The molecular formula is C22H24N4O3. The lowest BCUT2D eigenvalue weighted by Gasteiger charge is -2.24. The Morgan fingerprint density at radius 2 is 1.90 bits per heavy atom. The van der Waals surface area contributed by atoms with Crippen molar-refractivity contribution in [2.75, 3.05) is 19.0 Å². The van der Waals surface area contributed by atoms with Crippen molar-refractivity contribution in [3.63, 3.8) is 0 Å². The minimum atomic E-state index is -0.571. The number of carbonyl (C=O) groups excluding carboxylic acids is 2. The summed E-state index contributed by atoms with van der Waals surface area (Å²) in [4.78, 5) is 32.5. The third-order valence-electron chi connectivity index (χ3n) is 4.97. The topological polar surface area (TPSA) is 67.2 Å². The second-order valence-corrected chi connectivity index (χ2v) is 8.29. The van der Waals surface area contributed by atoms with Crippen molar-refractivity contribution >= 4 is 23.3 Å². The number of nitrogens with zero attached hydrogens (tertiary/aromatic N) is 4. The molecule has 7 heteroatoms. The molecule has 3 heterocycles. The molecule has 3 aromatic rings. The van der Waals surface area contributed by atoms with Gasteiger partial charge in [-0.3, -0.25) is 14.1 Å². The molecule has 0 aliphatic carbocycles. The molecule has 2 amide bonds. The zero-order valence-corrected chi connectivity index (χ0v) is 17.3. The maximum absolute atomic E-state index is 12.4. The smallest absolute Gasteiger partial charge is 0.414 e. The predicted octanol–water partition coefficient (Wildman–Crippen LogP) is 3.96. The molecule has 150 valence electrons. The number of pyridine rings is 1. The predicted molar refractivity (Wildman–Crippen MR) is 111 cm³/mol. The molecule has 1 aliphatic rings. The zero-order valence-electron chi connectivity index (χ0n) is 17.3. The van der Waals surface area contributed by atoms with Crippen LogP contribution in [0.4, 0.5) is 10.5 Å². The van der Waals surface area contributed by atoms with Gasteiger partial charge in [0.25, 0.3) is 5.91 Å². The largest absolute Gasteiger partial charge is 0.443 e. The number of rotatable bonds is 2. The molecule has 4 rings (SSSR count). The first-order valence-electron chi connectivity index (χ1n) is 9.47. The normalized spacial score (nSPS) is 13.7. The molecule has 0 fully saturated rings. The Labute approximate surface area is 169 Å². The van der Waals surface area contributed by atoms with Gasteiger partial charge in [-0.2, -0.15) is 0 Å². The standard InChI is InChI=1S/C22H24N4O3/c1-22(2,3)29-21(28)25(5)14-9-10-19-23-11-18(26(19)12-14)15-7-6-8-16-17(15)13-24(4)20(16)27/h6-12H,13H2,1-5H3. The summed E-state index contributed by atoms with van der Waals surface area (Å²) in [7, 11) is 3.48. The van der Waals surface area contributed by atoms with E-state index in [1.165, 1.54) is 4.90 Å². The molecule has 0 radical (unpaired) electrons. The molecule has 0 atom stereocenters. The molecule has 0 bridgehead atoms. The highest BCUT2D eigenvalue weighted by Crippen LogP contribution is 2.33. The van der Waals surface area contributed by atoms with Crippen molar-refractivity contribution in [2.24, 2.45) is 0 Å². The lowest BCUT2D eigenvalue weighted by atomic mass is 10.0. The summed E-state index contributed by atoms with van der Waals surface area (Å²) < 4.78 is 7.40. The van der Waals surface area contributed by atoms with E-state index in [0.717, 1.165) is 28.0 Å². The highest BCUT2D eigenvalue weighted by molar-refractivity contribution is 6.00. The van der Waals surface area contributed by atoms with Crippen LogP contribution in [0.1, 0.15) is 36.7 Å². The Balaban J connectivity index is 1.77. The minimum absolute atomic E-state index is 0.0287. The number of amides is 2. The van der Waals surface area contributed by atoms with Crippen LogP contribution in [0.5, 0.6) is 0 Å². The number of anilines is 1. The quantitative estimate of drug-likeness (QED) is 0.662. The van der Waals surface area contributed by atoms with E-state index in [-0.39, 0.29) is 5.91 Å². The minimum Gasteiger partial charge on any atom is -0.443 e. The van der Waals surface area contributed by atoms with E-state index in [9.17, 15) is 9.59 Å². The van der Waals surface area contributed by atoms with Gasteiger partial charge in [-0.1, -0.05) is 12.1 Å². The second-order valence-electron chi connectivity index (χ2n) is 8.29. The first kappa shape index (κ1) is 19.0. The Morgan fingerprint density at radius 3 is 2.62 bits per heavy atom. The van der Waals surface area contributed by atoms with Crippen LogP contribution in [0.2, 0.25) is 0 Å². The van der Waals surface area contributed by atoms with Gasteiger partial charge in [0.2, 0.25) is 0 Å². The van der Waals surface area contributed by atoms with E-state index >= 15 is 0 Å². The van der Waals surface area contributed by atoms with Crippen molar-refractivity contribution in [1.82, 2.24) is 14.3 Å². The number of hydrogen-bond acceptors (Lipinski definition) is 4. The van der Waals surface area contributed by atoms with E-state index in [0.29, 0.717) is 12.2 Å². The number of carbonyl (C=O) groups is 2. The number of ether oxygens (including phenoxy) is 1. The van der Waals surface area contributed by atoms with Crippen molar-refractivity contribution in [1.29, 1.82) is 0 Å². The van der Waals surface area contributed by atoms with E-state index in [4.69, 9.17) is 4.74 Å². The molecule has 0 N–H and O–H groups in total. The maximum Gasteiger partial charge on any atom is 0.414 e. The van der Waals surface area contributed by atoms with E-state index in [1.54, 1.807) is 25.2 Å². The van der Waals surface area contributed by atoms with Crippen LogP contribution in [0, 0.1) is 0 Å². The summed E-state index contributed by atoms with van der Waals surface area (Å²) in [6.45, 7) is 6.08. The average molecular weight is 392 g/mol. The molecule has 0 saturated heterocycles. The van der Waals surface area contributed by atoms with Gasteiger partial charge in [0.05, 0.1) is 17.6 Å². The van der Waals surface area contributed by atoms with Crippen LogP contribution in [0.3, 0.4) is 0 Å². The van der Waals surface area contributed by atoms with E-state index in [2.05, 4.69) is 4.98 Å². The van der Waals surface area contributed by atoms with Gasteiger partial charge in [-0.25, -0.2) is 9.78 Å². The Kier molecular flexibility index (Phi) is 4.33. The van der Waals surface area contributed by atoms with Crippen LogP contribution >= 0.6 is 0 Å². The van der Waals surface area contributed by atoms with Gasteiger partial charge in [0.15, 0.2) is 0 Å². The maximum atomic E-state index is 12.4. The van der Waals surface area contributed by atoms with Crippen LogP contribution in [0.25, 0.3) is 16.9 Å². The Morgan fingerprint density at radius 1 is 1.17 bits per heavy atom. The van der Waals surface area contributed by atoms with Crippen LogP contribution in [-0.4, -0.2) is 46.0 Å². The fourth-order valence-electron chi connectivity index (χ4n) is 3.51. The van der Waals surface area contributed by atoms with Crippen LogP contribution in [0.15, 0.2) is 42.7 Å². The number of imidazole rings is 1. The summed E-state index contributed by atoms with van der Waals surface area (Å²) >= 11 is 0. The summed E-state index contributed by atoms with van der Waals surface area (Å²) in [5, 5.41) is 0. The van der Waals surface area contributed by atoms with Gasteiger partial charge in [0, 0.05) is 38.0 Å². The summed E-state index contributed by atoms with van der Waals surface area (Å²) in [5.74, 6) is 0.0287. The van der Waals surface area contributed by atoms with Crippen LogP contribution < -0.4 is 4.90 Å². The molecule has 0 spiro atoms. The number of benzene rings is 1. The number of aromatic nitrogens is 2. The third kappa shape index (κ3) is 3.33. The van der Waals surface area contributed by atoms with Gasteiger partial charge < -0.3 is 9.64 Å². The highest BCUT2D eigenvalue weighted by Gasteiger charge is 2.28.